The van der Waals surface area contributed by atoms with Crippen LogP contribution in [-0.4, -0.2) is 34.7 Å². The molecule has 0 unspecified atom stereocenters. The molecule has 1 aliphatic rings. The van der Waals surface area contributed by atoms with Crippen LogP contribution in [0.15, 0.2) is 11.2 Å². The number of sulfonamides is 1. The zero-order valence-corrected chi connectivity index (χ0v) is 11.7. The average molecular weight is 314 g/mol. The minimum absolute atomic E-state index is 0.251. The Kier molecular flexibility index (Phi) is 2.98. The quantitative estimate of drug-likeness (QED) is 0.768. The van der Waals surface area contributed by atoms with Gasteiger partial charge in [-0.1, -0.05) is 0 Å². The number of aromatic amines is 1. The first kappa shape index (κ1) is 13.1. The van der Waals surface area contributed by atoms with Gasteiger partial charge >= 0.3 is 5.97 Å². The van der Waals surface area contributed by atoms with Gasteiger partial charge < -0.3 is 5.11 Å². The van der Waals surface area contributed by atoms with E-state index >= 15 is 0 Å². The third kappa shape index (κ3) is 2.16. The van der Waals surface area contributed by atoms with Crippen LogP contribution in [0.3, 0.4) is 0 Å². The predicted molar refractivity (Wildman–Crippen MR) is 70.5 cm³/mol. The van der Waals surface area contributed by atoms with E-state index in [0.29, 0.717) is 0 Å². The molecule has 3 rings (SSSR count). The zero-order chi connectivity index (χ0) is 14.3. The number of carboxylic acids is 1. The largest absolute Gasteiger partial charge is 0.478 e. The molecule has 2 heterocycles. The first-order valence-electron chi connectivity index (χ1n) is 5.75. The first-order chi connectivity index (χ1) is 9.47. The van der Waals surface area contributed by atoms with Crippen molar-refractivity contribution in [2.24, 2.45) is 0 Å². The highest BCUT2D eigenvalue weighted by Gasteiger charge is 2.27. The standard InChI is InChI=1S/C10H10N4O4S2/c15-9(16)5-4-11-13-8(5)20(17,18)14-10-12-6-2-1-3-7(6)19-10/h4H,1-3H2,(H,11,13)(H,12,14)(H,15,16). The number of aromatic nitrogens is 3. The van der Waals surface area contributed by atoms with Crippen LogP contribution in [0.1, 0.15) is 27.3 Å². The number of aryl methyl sites for hydroxylation is 2. The molecule has 8 nitrogen and oxygen atoms in total. The summed E-state index contributed by atoms with van der Waals surface area (Å²) in [7, 11) is -4.03. The van der Waals surface area contributed by atoms with Crippen molar-refractivity contribution in [3.8, 4) is 0 Å². The lowest BCUT2D eigenvalue weighted by molar-refractivity contribution is 0.0692. The number of thiazole rings is 1. The molecule has 2 aromatic heterocycles. The summed E-state index contributed by atoms with van der Waals surface area (Å²) in [6, 6.07) is 0. The van der Waals surface area contributed by atoms with Gasteiger partial charge in [-0.2, -0.15) is 13.5 Å². The Labute approximate surface area is 117 Å². The molecule has 0 atom stereocenters. The zero-order valence-electron chi connectivity index (χ0n) is 10.1. The molecule has 10 heteroatoms. The third-order valence-corrected chi connectivity index (χ3v) is 5.43. The molecule has 0 saturated carbocycles. The lowest BCUT2D eigenvalue weighted by atomic mass is 10.4. The van der Waals surface area contributed by atoms with Crippen LogP contribution < -0.4 is 4.72 Å². The van der Waals surface area contributed by atoms with Crippen molar-refractivity contribution in [3.05, 3.63) is 22.3 Å². The predicted octanol–water partition coefficient (Wildman–Crippen LogP) is 0.854. The number of nitrogens with zero attached hydrogens (tertiary/aromatic N) is 2. The minimum Gasteiger partial charge on any atom is -0.478 e. The lowest BCUT2D eigenvalue weighted by Crippen LogP contribution is -2.16. The summed E-state index contributed by atoms with van der Waals surface area (Å²) in [6.45, 7) is 0. The van der Waals surface area contributed by atoms with Gasteiger partial charge in [-0.15, -0.1) is 11.3 Å². The van der Waals surface area contributed by atoms with Crippen molar-refractivity contribution in [2.45, 2.75) is 24.3 Å². The molecular formula is C10H10N4O4S2. The number of carboxylic acid groups (broad SMARTS) is 1. The lowest BCUT2D eigenvalue weighted by Gasteiger charge is -2.03. The smallest absolute Gasteiger partial charge is 0.340 e. The first-order valence-corrected chi connectivity index (χ1v) is 8.05. The highest BCUT2D eigenvalue weighted by atomic mass is 32.2. The van der Waals surface area contributed by atoms with E-state index in [0.717, 1.165) is 36.0 Å². The summed E-state index contributed by atoms with van der Waals surface area (Å²) < 4.78 is 26.6. The SMILES string of the molecule is O=C(O)c1cn[nH]c1S(=O)(=O)Nc1nc2c(s1)CCC2. The van der Waals surface area contributed by atoms with E-state index in [1.807, 2.05) is 0 Å². The maximum absolute atomic E-state index is 12.1. The van der Waals surface area contributed by atoms with E-state index in [4.69, 9.17) is 5.11 Å². The van der Waals surface area contributed by atoms with E-state index in [9.17, 15) is 13.2 Å². The van der Waals surface area contributed by atoms with Gasteiger partial charge in [0.1, 0.15) is 5.56 Å². The maximum Gasteiger partial charge on any atom is 0.340 e. The molecule has 3 N–H and O–H groups in total. The second-order valence-electron chi connectivity index (χ2n) is 4.27. The second kappa shape index (κ2) is 4.56. The van der Waals surface area contributed by atoms with Crippen molar-refractivity contribution in [3.63, 3.8) is 0 Å². The van der Waals surface area contributed by atoms with Crippen LogP contribution in [0.4, 0.5) is 5.13 Å². The van der Waals surface area contributed by atoms with Crippen molar-refractivity contribution >= 4 is 32.5 Å². The Morgan fingerprint density at radius 1 is 1.45 bits per heavy atom. The Morgan fingerprint density at radius 3 is 2.95 bits per heavy atom. The van der Waals surface area contributed by atoms with E-state index in [1.165, 1.54) is 11.3 Å². The van der Waals surface area contributed by atoms with Gasteiger partial charge in [0, 0.05) is 4.88 Å². The van der Waals surface area contributed by atoms with Crippen LogP contribution in [0.5, 0.6) is 0 Å². The molecule has 0 spiro atoms. The van der Waals surface area contributed by atoms with E-state index in [2.05, 4.69) is 19.9 Å². The highest BCUT2D eigenvalue weighted by molar-refractivity contribution is 7.92. The Morgan fingerprint density at radius 2 is 2.25 bits per heavy atom. The molecule has 1 aliphatic carbocycles. The molecular weight excluding hydrogens is 304 g/mol. The molecule has 0 radical (unpaired) electrons. The number of fused-ring (bicyclic) bond motifs is 1. The van der Waals surface area contributed by atoms with Crippen LogP contribution in [0, 0.1) is 0 Å². The van der Waals surface area contributed by atoms with Crippen molar-refractivity contribution in [1.82, 2.24) is 15.2 Å². The number of aromatic carboxylic acids is 1. The number of carbonyl (C=O) groups is 1. The molecule has 0 bridgehead atoms. The number of rotatable bonds is 4. The molecule has 0 saturated heterocycles. The number of hydrogen-bond donors (Lipinski definition) is 3. The number of anilines is 1. The summed E-state index contributed by atoms with van der Waals surface area (Å²) >= 11 is 1.28. The van der Waals surface area contributed by atoms with Gasteiger partial charge in [0.2, 0.25) is 0 Å². The molecule has 0 aliphatic heterocycles. The highest BCUT2D eigenvalue weighted by Crippen LogP contribution is 2.31. The number of nitrogens with one attached hydrogen (secondary N) is 2. The van der Waals surface area contributed by atoms with E-state index in [1.54, 1.807) is 0 Å². The summed E-state index contributed by atoms with van der Waals surface area (Å²) in [6.07, 6.45) is 3.74. The van der Waals surface area contributed by atoms with Gasteiger partial charge in [-0.3, -0.25) is 9.82 Å². The normalized spacial score (nSPS) is 14.2. The fourth-order valence-electron chi connectivity index (χ4n) is 2.03. The molecule has 0 fully saturated rings. The summed E-state index contributed by atoms with van der Waals surface area (Å²) in [5.41, 5.74) is 0.511. The topological polar surface area (TPSA) is 125 Å². The van der Waals surface area contributed by atoms with Crippen LogP contribution in [0.25, 0.3) is 0 Å². The maximum atomic E-state index is 12.1. The fraction of sp³-hybridized carbons (Fsp3) is 0.300. The molecule has 20 heavy (non-hydrogen) atoms. The van der Waals surface area contributed by atoms with Gasteiger partial charge in [0.05, 0.1) is 11.9 Å². The van der Waals surface area contributed by atoms with Gasteiger partial charge in [0.15, 0.2) is 10.2 Å². The van der Waals surface area contributed by atoms with E-state index < -0.39 is 26.6 Å². The minimum atomic E-state index is -4.03. The van der Waals surface area contributed by atoms with Crippen LogP contribution in [-0.2, 0) is 22.9 Å². The van der Waals surface area contributed by atoms with Crippen molar-refractivity contribution in [1.29, 1.82) is 0 Å². The van der Waals surface area contributed by atoms with Gasteiger partial charge in [0.25, 0.3) is 10.0 Å². The van der Waals surface area contributed by atoms with Crippen molar-refractivity contribution < 1.29 is 18.3 Å². The van der Waals surface area contributed by atoms with E-state index in [-0.39, 0.29) is 5.13 Å². The van der Waals surface area contributed by atoms with Gasteiger partial charge in [-0.25, -0.2) is 9.78 Å². The molecule has 106 valence electrons. The second-order valence-corrected chi connectivity index (χ2v) is 6.97. The Balaban J connectivity index is 1.92. The Bertz CT molecular complexity index is 756. The van der Waals surface area contributed by atoms with Crippen LogP contribution in [0.2, 0.25) is 0 Å². The monoisotopic (exact) mass is 314 g/mol. The summed E-state index contributed by atoms with van der Waals surface area (Å²) in [5.74, 6) is -1.36. The van der Waals surface area contributed by atoms with Crippen LogP contribution >= 0.6 is 11.3 Å². The number of H-pyrrole nitrogens is 1. The molecule has 0 amide bonds. The third-order valence-electron chi connectivity index (χ3n) is 2.92. The molecule has 2 aromatic rings. The summed E-state index contributed by atoms with van der Waals surface area (Å²) in [5, 5.41) is 14.3. The molecule has 0 aromatic carbocycles. The average Bonchev–Trinajstić information content (AvgIpc) is 3.00. The Hall–Kier alpha value is -1.94. The van der Waals surface area contributed by atoms with Gasteiger partial charge in [-0.05, 0) is 19.3 Å². The van der Waals surface area contributed by atoms with Crippen molar-refractivity contribution in [2.75, 3.05) is 4.72 Å². The number of hydrogen-bond acceptors (Lipinski definition) is 6. The summed E-state index contributed by atoms with van der Waals surface area (Å²) in [4.78, 5) is 16.2. The fourth-order valence-corrected chi connectivity index (χ4v) is 4.41.